The molecule has 1 fully saturated rings. The lowest BCUT2D eigenvalue weighted by Gasteiger charge is -2.20. The first kappa shape index (κ1) is 15.4. The van der Waals surface area contributed by atoms with Crippen LogP contribution < -0.4 is 16.0 Å². The van der Waals surface area contributed by atoms with E-state index in [1.165, 1.54) is 4.90 Å². The minimum atomic E-state index is -0.722. The van der Waals surface area contributed by atoms with Crippen molar-refractivity contribution < 1.29 is 14.4 Å². The van der Waals surface area contributed by atoms with Gasteiger partial charge in [0.05, 0.1) is 0 Å². The van der Waals surface area contributed by atoms with Crippen LogP contribution in [0.2, 0.25) is 0 Å². The van der Waals surface area contributed by atoms with Crippen LogP contribution in [0.3, 0.4) is 0 Å². The molecular formula is C12H22N4O3. The standard InChI is InChI=1S/C12H22N4O3/c1-3-14-10(17)9(2)15-11(18)12(19)16-7-4-5-13-6-8-16/h9,13H,3-8H2,1-2H3,(H,14,17)(H,15,18). The van der Waals surface area contributed by atoms with Crippen molar-refractivity contribution in [1.82, 2.24) is 20.9 Å². The Morgan fingerprint density at radius 1 is 1.26 bits per heavy atom. The summed E-state index contributed by atoms with van der Waals surface area (Å²) in [6.45, 7) is 6.45. The van der Waals surface area contributed by atoms with E-state index < -0.39 is 17.9 Å². The molecule has 1 saturated heterocycles. The Kier molecular flexibility index (Phi) is 6.27. The predicted molar refractivity (Wildman–Crippen MR) is 70.4 cm³/mol. The summed E-state index contributed by atoms with van der Waals surface area (Å²) in [5.41, 5.74) is 0. The average molecular weight is 270 g/mol. The summed E-state index contributed by atoms with van der Waals surface area (Å²) >= 11 is 0. The maximum absolute atomic E-state index is 11.9. The second-order valence-corrected chi connectivity index (χ2v) is 4.49. The molecule has 7 heteroatoms. The van der Waals surface area contributed by atoms with E-state index in [0.29, 0.717) is 26.2 Å². The number of nitrogens with zero attached hydrogens (tertiary/aromatic N) is 1. The summed E-state index contributed by atoms with van der Waals surface area (Å²) < 4.78 is 0. The van der Waals surface area contributed by atoms with Crippen molar-refractivity contribution in [3.05, 3.63) is 0 Å². The van der Waals surface area contributed by atoms with Gasteiger partial charge in [0.25, 0.3) is 0 Å². The zero-order valence-electron chi connectivity index (χ0n) is 11.5. The van der Waals surface area contributed by atoms with Crippen LogP contribution in [0.15, 0.2) is 0 Å². The highest BCUT2D eigenvalue weighted by molar-refractivity contribution is 6.35. The number of rotatable bonds is 3. The topological polar surface area (TPSA) is 90.5 Å². The maximum atomic E-state index is 11.9. The molecule has 1 heterocycles. The molecule has 1 atom stereocenters. The monoisotopic (exact) mass is 270 g/mol. The third-order valence-electron chi connectivity index (χ3n) is 2.91. The minimum Gasteiger partial charge on any atom is -0.355 e. The summed E-state index contributed by atoms with van der Waals surface area (Å²) in [4.78, 5) is 36.7. The molecule has 0 aliphatic carbocycles. The number of hydrogen-bond donors (Lipinski definition) is 3. The van der Waals surface area contributed by atoms with Gasteiger partial charge >= 0.3 is 11.8 Å². The smallest absolute Gasteiger partial charge is 0.311 e. The number of likely N-dealkylation sites (N-methyl/N-ethyl adjacent to an activating group) is 1. The number of amides is 3. The van der Waals surface area contributed by atoms with Crippen LogP contribution in [0.5, 0.6) is 0 Å². The second kappa shape index (κ2) is 7.73. The van der Waals surface area contributed by atoms with E-state index in [0.717, 1.165) is 13.0 Å². The van der Waals surface area contributed by atoms with Crippen LogP contribution in [0.25, 0.3) is 0 Å². The molecule has 1 aliphatic rings. The van der Waals surface area contributed by atoms with E-state index in [1.54, 1.807) is 13.8 Å². The SMILES string of the molecule is CCNC(=O)C(C)NC(=O)C(=O)N1CCCNCC1. The first-order valence-corrected chi connectivity index (χ1v) is 6.64. The van der Waals surface area contributed by atoms with E-state index in [1.807, 2.05) is 0 Å². The van der Waals surface area contributed by atoms with E-state index in [-0.39, 0.29) is 5.91 Å². The lowest BCUT2D eigenvalue weighted by atomic mass is 10.3. The number of hydrogen-bond acceptors (Lipinski definition) is 4. The van der Waals surface area contributed by atoms with Gasteiger partial charge in [-0.1, -0.05) is 0 Å². The van der Waals surface area contributed by atoms with Crippen LogP contribution in [0, 0.1) is 0 Å². The predicted octanol–water partition coefficient (Wildman–Crippen LogP) is -1.55. The van der Waals surface area contributed by atoms with Gasteiger partial charge in [-0.15, -0.1) is 0 Å². The number of carbonyl (C=O) groups is 3. The molecule has 1 aliphatic heterocycles. The molecule has 0 aromatic rings. The first-order chi connectivity index (χ1) is 9.06. The lowest BCUT2D eigenvalue weighted by Crippen LogP contribution is -2.51. The summed E-state index contributed by atoms with van der Waals surface area (Å²) in [6.07, 6.45) is 0.824. The van der Waals surface area contributed by atoms with E-state index in [9.17, 15) is 14.4 Å². The molecule has 0 saturated carbocycles. The van der Waals surface area contributed by atoms with Gasteiger partial charge in [0.15, 0.2) is 0 Å². The van der Waals surface area contributed by atoms with Crippen molar-refractivity contribution in [2.75, 3.05) is 32.7 Å². The van der Waals surface area contributed by atoms with Crippen molar-refractivity contribution in [2.45, 2.75) is 26.3 Å². The minimum absolute atomic E-state index is 0.291. The van der Waals surface area contributed by atoms with E-state index in [2.05, 4.69) is 16.0 Å². The highest BCUT2D eigenvalue weighted by Crippen LogP contribution is 1.97. The van der Waals surface area contributed by atoms with Gasteiger partial charge in [-0.25, -0.2) is 0 Å². The zero-order chi connectivity index (χ0) is 14.3. The van der Waals surface area contributed by atoms with Gasteiger partial charge in [0.1, 0.15) is 6.04 Å². The van der Waals surface area contributed by atoms with E-state index >= 15 is 0 Å². The molecule has 3 amide bonds. The van der Waals surface area contributed by atoms with Crippen molar-refractivity contribution >= 4 is 17.7 Å². The molecule has 19 heavy (non-hydrogen) atoms. The molecule has 0 bridgehead atoms. The number of nitrogens with one attached hydrogen (secondary N) is 3. The summed E-state index contributed by atoms with van der Waals surface area (Å²) in [7, 11) is 0. The zero-order valence-corrected chi connectivity index (χ0v) is 11.5. The molecule has 0 aromatic heterocycles. The van der Waals surface area contributed by atoms with Crippen LogP contribution >= 0.6 is 0 Å². The fraction of sp³-hybridized carbons (Fsp3) is 0.750. The number of carbonyl (C=O) groups excluding carboxylic acids is 3. The summed E-state index contributed by atoms with van der Waals surface area (Å²) in [5.74, 6) is -1.58. The molecule has 0 spiro atoms. The summed E-state index contributed by atoms with van der Waals surface area (Å²) in [5, 5.41) is 8.17. The fourth-order valence-corrected chi connectivity index (χ4v) is 1.84. The molecule has 3 N–H and O–H groups in total. The quantitative estimate of drug-likeness (QED) is 0.542. The van der Waals surface area contributed by atoms with Crippen molar-refractivity contribution in [1.29, 1.82) is 0 Å². The Morgan fingerprint density at radius 3 is 2.68 bits per heavy atom. The molecular weight excluding hydrogens is 248 g/mol. The van der Waals surface area contributed by atoms with Crippen LogP contribution in [-0.4, -0.2) is 61.4 Å². The molecule has 1 unspecified atom stereocenters. The Hall–Kier alpha value is -1.63. The lowest BCUT2D eigenvalue weighted by molar-refractivity contribution is -0.146. The van der Waals surface area contributed by atoms with Crippen molar-refractivity contribution in [3.63, 3.8) is 0 Å². The average Bonchev–Trinajstić information content (AvgIpc) is 2.66. The van der Waals surface area contributed by atoms with Gasteiger partial charge in [-0.05, 0) is 26.8 Å². The normalized spacial score (nSPS) is 17.3. The van der Waals surface area contributed by atoms with Crippen LogP contribution in [0.4, 0.5) is 0 Å². The Balaban J connectivity index is 2.47. The van der Waals surface area contributed by atoms with Gasteiger partial charge in [-0.3, -0.25) is 14.4 Å². The maximum Gasteiger partial charge on any atom is 0.311 e. The molecule has 7 nitrogen and oxygen atoms in total. The van der Waals surface area contributed by atoms with Crippen LogP contribution in [0.1, 0.15) is 20.3 Å². The molecule has 1 rings (SSSR count). The molecule has 108 valence electrons. The van der Waals surface area contributed by atoms with Gasteiger partial charge in [0, 0.05) is 26.2 Å². The largest absolute Gasteiger partial charge is 0.355 e. The van der Waals surface area contributed by atoms with E-state index in [4.69, 9.17) is 0 Å². The second-order valence-electron chi connectivity index (χ2n) is 4.49. The highest BCUT2D eigenvalue weighted by Gasteiger charge is 2.25. The van der Waals surface area contributed by atoms with Crippen molar-refractivity contribution in [2.24, 2.45) is 0 Å². The van der Waals surface area contributed by atoms with Crippen molar-refractivity contribution in [3.8, 4) is 0 Å². The fourth-order valence-electron chi connectivity index (χ4n) is 1.84. The summed E-state index contributed by atoms with van der Waals surface area (Å²) in [6, 6.07) is -0.707. The van der Waals surface area contributed by atoms with Crippen LogP contribution in [-0.2, 0) is 14.4 Å². The van der Waals surface area contributed by atoms with Gasteiger partial charge < -0.3 is 20.9 Å². The van der Waals surface area contributed by atoms with Gasteiger partial charge in [-0.2, -0.15) is 0 Å². The Morgan fingerprint density at radius 2 is 2.00 bits per heavy atom. The third kappa shape index (κ3) is 4.86. The molecule has 0 aromatic carbocycles. The Labute approximate surface area is 113 Å². The van der Waals surface area contributed by atoms with Gasteiger partial charge in [0.2, 0.25) is 5.91 Å². The molecule has 0 radical (unpaired) electrons. The third-order valence-corrected chi connectivity index (χ3v) is 2.91. The first-order valence-electron chi connectivity index (χ1n) is 6.64. The Bertz CT molecular complexity index is 338. The highest BCUT2D eigenvalue weighted by atomic mass is 16.2.